The second kappa shape index (κ2) is 2.81. The van der Waals surface area contributed by atoms with Crippen LogP contribution >= 0.6 is 0 Å². The monoisotopic (exact) mass is 157 g/mol. The summed E-state index contributed by atoms with van der Waals surface area (Å²) in [5.41, 5.74) is 5.58. The van der Waals surface area contributed by atoms with Gasteiger partial charge in [-0.1, -0.05) is 6.92 Å². The second-order valence-corrected chi connectivity index (χ2v) is 3.71. The van der Waals surface area contributed by atoms with Crippen molar-refractivity contribution in [2.75, 3.05) is 6.61 Å². The van der Waals surface area contributed by atoms with E-state index in [0.717, 1.165) is 0 Å². The molecule has 0 aromatic rings. The van der Waals surface area contributed by atoms with Crippen molar-refractivity contribution in [3.8, 4) is 0 Å². The fourth-order valence-corrected chi connectivity index (χ4v) is 0.735. The zero-order chi connectivity index (χ0) is 8.48. The molecule has 0 unspecified atom stereocenters. The highest BCUT2D eigenvalue weighted by atomic mass is 16.5. The Morgan fingerprint density at radius 2 is 2.27 bits per heavy atom. The standard InChI is InChI=1S/C8H15NO2/c1-6(9)7(10)11-5-8(2)3-4-8/h6H,3-5,9H2,1-2H3/t6-/m0/s1. The molecule has 1 rings (SSSR count). The third kappa shape index (κ3) is 2.50. The Balaban J connectivity index is 2.16. The van der Waals surface area contributed by atoms with Gasteiger partial charge in [-0.3, -0.25) is 4.79 Å². The molecule has 0 bridgehead atoms. The lowest BCUT2D eigenvalue weighted by Crippen LogP contribution is -2.30. The van der Waals surface area contributed by atoms with E-state index in [0.29, 0.717) is 6.61 Å². The Labute approximate surface area is 66.9 Å². The predicted molar refractivity (Wildman–Crippen MR) is 41.9 cm³/mol. The lowest BCUT2D eigenvalue weighted by atomic mass is 10.2. The fraction of sp³-hybridized carbons (Fsp3) is 0.875. The molecule has 0 amide bonds. The van der Waals surface area contributed by atoms with Crippen LogP contribution in [0.2, 0.25) is 0 Å². The van der Waals surface area contributed by atoms with E-state index >= 15 is 0 Å². The average Bonchev–Trinajstić information content (AvgIpc) is 2.64. The number of carbonyl (C=O) groups excluding carboxylic acids is 1. The topological polar surface area (TPSA) is 52.3 Å². The maximum Gasteiger partial charge on any atom is 0.322 e. The molecule has 0 aromatic heterocycles. The van der Waals surface area contributed by atoms with E-state index in [2.05, 4.69) is 6.92 Å². The molecule has 0 saturated heterocycles. The van der Waals surface area contributed by atoms with Crippen LogP contribution in [0.3, 0.4) is 0 Å². The van der Waals surface area contributed by atoms with Gasteiger partial charge in [-0.05, 0) is 19.8 Å². The molecule has 2 N–H and O–H groups in total. The van der Waals surface area contributed by atoms with Crippen molar-refractivity contribution in [3.63, 3.8) is 0 Å². The summed E-state index contributed by atoms with van der Waals surface area (Å²) in [6, 6.07) is -0.489. The number of carbonyl (C=O) groups is 1. The van der Waals surface area contributed by atoms with Crippen LogP contribution in [0.15, 0.2) is 0 Å². The molecule has 64 valence electrons. The molecule has 1 atom stereocenters. The first-order chi connectivity index (χ1) is 5.03. The molecular formula is C8H15NO2. The Morgan fingerprint density at radius 1 is 1.73 bits per heavy atom. The minimum atomic E-state index is -0.489. The number of rotatable bonds is 3. The molecule has 11 heavy (non-hydrogen) atoms. The van der Waals surface area contributed by atoms with E-state index in [1.165, 1.54) is 12.8 Å². The van der Waals surface area contributed by atoms with Crippen LogP contribution < -0.4 is 5.73 Å². The summed E-state index contributed by atoms with van der Waals surface area (Å²) in [5, 5.41) is 0. The highest BCUT2D eigenvalue weighted by molar-refractivity contribution is 5.74. The van der Waals surface area contributed by atoms with Gasteiger partial charge in [0, 0.05) is 5.41 Å². The SMILES string of the molecule is C[C@H](N)C(=O)OCC1(C)CC1. The number of nitrogens with two attached hydrogens (primary N) is 1. The molecule has 0 radical (unpaired) electrons. The zero-order valence-electron chi connectivity index (χ0n) is 7.09. The molecule has 1 aliphatic carbocycles. The number of ether oxygens (including phenoxy) is 1. The lowest BCUT2D eigenvalue weighted by Gasteiger charge is -2.10. The molecule has 0 heterocycles. The number of esters is 1. The van der Waals surface area contributed by atoms with Gasteiger partial charge in [0.1, 0.15) is 6.04 Å². The van der Waals surface area contributed by atoms with E-state index in [1.54, 1.807) is 6.92 Å². The van der Waals surface area contributed by atoms with E-state index in [1.807, 2.05) is 0 Å². The Morgan fingerprint density at radius 3 is 2.64 bits per heavy atom. The smallest absolute Gasteiger partial charge is 0.322 e. The minimum absolute atomic E-state index is 0.268. The van der Waals surface area contributed by atoms with Gasteiger partial charge in [0.15, 0.2) is 0 Å². The largest absolute Gasteiger partial charge is 0.464 e. The number of hydrogen-bond donors (Lipinski definition) is 1. The van der Waals surface area contributed by atoms with E-state index in [-0.39, 0.29) is 11.4 Å². The van der Waals surface area contributed by atoms with Crippen molar-refractivity contribution < 1.29 is 9.53 Å². The summed E-state index contributed by atoms with van der Waals surface area (Å²) in [4.78, 5) is 10.9. The molecule has 0 aromatic carbocycles. The molecule has 0 aliphatic heterocycles. The normalized spacial score (nSPS) is 22.5. The Kier molecular flexibility index (Phi) is 2.18. The molecular weight excluding hydrogens is 142 g/mol. The summed E-state index contributed by atoms with van der Waals surface area (Å²) in [6.07, 6.45) is 2.33. The molecule has 0 spiro atoms. The summed E-state index contributed by atoms with van der Waals surface area (Å²) in [6.45, 7) is 4.28. The van der Waals surface area contributed by atoms with Crippen molar-refractivity contribution in [2.45, 2.75) is 32.7 Å². The van der Waals surface area contributed by atoms with Crippen molar-refractivity contribution in [2.24, 2.45) is 11.1 Å². The van der Waals surface area contributed by atoms with Crippen molar-refractivity contribution in [3.05, 3.63) is 0 Å². The Bertz CT molecular complexity index is 161. The number of hydrogen-bond acceptors (Lipinski definition) is 3. The third-order valence-corrected chi connectivity index (χ3v) is 2.04. The molecule has 1 fully saturated rings. The fourth-order valence-electron chi connectivity index (χ4n) is 0.735. The maximum absolute atomic E-state index is 10.9. The van der Waals surface area contributed by atoms with Crippen LogP contribution in [0.5, 0.6) is 0 Å². The molecule has 1 saturated carbocycles. The summed E-state index contributed by atoms with van der Waals surface area (Å²) in [7, 11) is 0. The summed E-state index contributed by atoms with van der Waals surface area (Å²) < 4.78 is 4.97. The highest BCUT2D eigenvalue weighted by Crippen LogP contribution is 2.44. The second-order valence-electron chi connectivity index (χ2n) is 3.71. The van der Waals surface area contributed by atoms with Gasteiger partial charge >= 0.3 is 5.97 Å². The van der Waals surface area contributed by atoms with Crippen LogP contribution in [0.25, 0.3) is 0 Å². The first kappa shape index (κ1) is 8.53. The van der Waals surface area contributed by atoms with E-state index in [4.69, 9.17) is 10.5 Å². The minimum Gasteiger partial charge on any atom is -0.464 e. The quantitative estimate of drug-likeness (QED) is 0.613. The molecule has 1 aliphatic rings. The van der Waals surface area contributed by atoms with Crippen LogP contribution in [0, 0.1) is 5.41 Å². The first-order valence-electron chi connectivity index (χ1n) is 3.96. The first-order valence-corrected chi connectivity index (χ1v) is 3.96. The lowest BCUT2D eigenvalue weighted by molar-refractivity contribution is -0.146. The van der Waals surface area contributed by atoms with Gasteiger partial charge in [-0.25, -0.2) is 0 Å². The maximum atomic E-state index is 10.9. The van der Waals surface area contributed by atoms with Crippen LogP contribution in [-0.2, 0) is 9.53 Å². The Hall–Kier alpha value is -0.570. The van der Waals surface area contributed by atoms with Gasteiger partial charge in [-0.15, -0.1) is 0 Å². The third-order valence-electron chi connectivity index (χ3n) is 2.04. The van der Waals surface area contributed by atoms with Crippen molar-refractivity contribution >= 4 is 5.97 Å². The van der Waals surface area contributed by atoms with Crippen LogP contribution in [-0.4, -0.2) is 18.6 Å². The van der Waals surface area contributed by atoms with Gasteiger partial charge < -0.3 is 10.5 Å². The van der Waals surface area contributed by atoms with Gasteiger partial charge in [-0.2, -0.15) is 0 Å². The molecule has 3 heteroatoms. The van der Waals surface area contributed by atoms with E-state index < -0.39 is 6.04 Å². The van der Waals surface area contributed by atoms with Crippen LogP contribution in [0.4, 0.5) is 0 Å². The van der Waals surface area contributed by atoms with Crippen molar-refractivity contribution in [1.82, 2.24) is 0 Å². The van der Waals surface area contributed by atoms with E-state index in [9.17, 15) is 4.79 Å². The molecule has 3 nitrogen and oxygen atoms in total. The van der Waals surface area contributed by atoms with Gasteiger partial charge in [0.2, 0.25) is 0 Å². The van der Waals surface area contributed by atoms with Crippen molar-refractivity contribution in [1.29, 1.82) is 0 Å². The highest BCUT2D eigenvalue weighted by Gasteiger charge is 2.38. The predicted octanol–water partition coefficient (Wildman–Crippen LogP) is 0.677. The zero-order valence-corrected chi connectivity index (χ0v) is 7.09. The van der Waals surface area contributed by atoms with Gasteiger partial charge in [0.25, 0.3) is 0 Å². The summed E-state index contributed by atoms with van der Waals surface area (Å²) in [5.74, 6) is -0.293. The summed E-state index contributed by atoms with van der Waals surface area (Å²) >= 11 is 0. The van der Waals surface area contributed by atoms with Crippen LogP contribution in [0.1, 0.15) is 26.7 Å². The average molecular weight is 157 g/mol. The van der Waals surface area contributed by atoms with Gasteiger partial charge in [0.05, 0.1) is 6.61 Å².